The highest BCUT2D eigenvalue weighted by Gasteiger charge is 2.23. The molecule has 0 aliphatic heterocycles. The molecule has 7 nitrogen and oxygen atoms in total. The number of carbonyl (C=O) groups excluding carboxylic acids is 1. The lowest BCUT2D eigenvalue weighted by molar-refractivity contribution is 0.0696. The van der Waals surface area contributed by atoms with E-state index >= 15 is 0 Å². The lowest BCUT2D eigenvalue weighted by Gasteiger charge is -2.25. The average Bonchev–Trinajstić information content (AvgIpc) is 3.24. The number of aromatic carboxylic acids is 1. The highest BCUT2D eigenvalue weighted by molar-refractivity contribution is 6.05. The first-order chi connectivity index (χ1) is 16.1. The zero-order valence-electron chi connectivity index (χ0n) is 18.1. The van der Waals surface area contributed by atoms with E-state index in [9.17, 15) is 14.7 Å². The van der Waals surface area contributed by atoms with Crippen molar-refractivity contribution in [2.24, 2.45) is 0 Å². The maximum atomic E-state index is 12.9. The molecule has 1 saturated carbocycles. The second-order valence-electron chi connectivity index (χ2n) is 8.38. The summed E-state index contributed by atoms with van der Waals surface area (Å²) in [5.74, 6) is -0.421. The molecule has 4 aromatic rings. The first-order valence-corrected chi connectivity index (χ1v) is 11.2. The number of amides is 1. The number of rotatable bonds is 5. The van der Waals surface area contributed by atoms with E-state index in [1.807, 2.05) is 24.3 Å². The first kappa shape index (κ1) is 20.9. The molecule has 0 bridgehead atoms. The van der Waals surface area contributed by atoms with Crippen molar-refractivity contribution in [2.45, 2.75) is 38.1 Å². The largest absolute Gasteiger partial charge is 0.478 e. The Kier molecular flexibility index (Phi) is 5.60. The van der Waals surface area contributed by atoms with Crippen molar-refractivity contribution >= 4 is 28.6 Å². The summed E-state index contributed by atoms with van der Waals surface area (Å²) < 4.78 is 2.24. The number of nitrogens with zero attached hydrogens (tertiary/aromatic N) is 3. The molecule has 2 aromatic heterocycles. The molecule has 1 amide bonds. The molecule has 0 saturated heterocycles. The van der Waals surface area contributed by atoms with Gasteiger partial charge in [-0.15, -0.1) is 0 Å². The number of hydrogen-bond acceptors (Lipinski definition) is 4. The zero-order chi connectivity index (χ0) is 22.8. The predicted octanol–water partition coefficient (Wildman–Crippen LogP) is 5.55. The molecule has 0 unspecified atom stereocenters. The molecule has 2 heterocycles. The molecule has 33 heavy (non-hydrogen) atoms. The first-order valence-electron chi connectivity index (χ1n) is 11.2. The number of hydrogen-bond donors (Lipinski definition) is 2. The van der Waals surface area contributed by atoms with Gasteiger partial charge in [-0.3, -0.25) is 9.78 Å². The molecular weight excluding hydrogens is 416 g/mol. The van der Waals surface area contributed by atoms with E-state index in [0.29, 0.717) is 22.8 Å². The van der Waals surface area contributed by atoms with Crippen LogP contribution in [0.4, 0.5) is 5.69 Å². The Bertz CT molecular complexity index is 1320. The number of aromatic nitrogens is 3. The average molecular weight is 441 g/mol. The van der Waals surface area contributed by atoms with Crippen molar-refractivity contribution < 1.29 is 14.7 Å². The van der Waals surface area contributed by atoms with Gasteiger partial charge in [-0.2, -0.15) is 0 Å². The Morgan fingerprint density at radius 1 is 0.939 bits per heavy atom. The predicted molar refractivity (Wildman–Crippen MR) is 126 cm³/mol. The van der Waals surface area contributed by atoms with E-state index in [1.165, 1.54) is 6.42 Å². The minimum absolute atomic E-state index is 0.212. The van der Waals surface area contributed by atoms with Gasteiger partial charge in [0, 0.05) is 35.2 Å². The van der Waals surface area contributed by atoms with Crippen LogP contribution in [0.3, 0.4) is 0 Å². The number of carboxylic acid groups (broad SMARTS) is 1. The van der Waals surface area contributed by atoms with Crippen LogP contribution in [0, 0.1) is 0 Å². The molecule has 5 rings (SSSR count). The summed E-state index contributed by atoms with van der Waals surface area (Å²) in [5, 5.41) is 12.3. The fraction of sp³-hybridized carbons (Fsp3) is 0.231. The van der Waals surface area contributed by atoms with E-state index in [0.717, 1.165) is 42.6 Å². The maximum Gasteiger partial charge on any atom is 0.335 e. The minimum atomic E-state index is -0.972. The van der Waals surface area contributed by atoms with Gasteiger partial charge in [-0.1, -0.05) is 31.4 Å². The Hall–Kier alpha value is -4.00. The quantitative estimate of drug-likeness (QED) is 0.424. The second kappa shape index (κ2) is 8.86. The van der Waals surface area contributed by atoms with E-state index in [1.54, 1.807) is 42.7 Å². The Labute approximate surface area is 191 Å². The summed E-state index contributed by atoms with van der Waals surface area (Å²) >= 11 is 0. The van der Waals surface area contributed by atoms with Crippen molar-refractivity contribution in [3.63, 3.8) is 0 Å². The Balaban J connectivity index is 1.58. The van der Waals surface area contributed by atoms with Crippen LogP contribution in [0.1, 0.15) is 58.9 Å². The molecule has 2 N–H and O–H groups in total. The summed E-state index contributed by atoms with van der Waals surface area (Å²) in [6, 6.07) is 16.3. The van der Waals surface area contributed by atoms with Crippen LogP contribution in [-0.4, -0.2) is 31.5 Å². The van der Waals surface area contributed by atoms with Crippen molar-refractivity contribution in [2.75, 3.05) is 5.32 Å². The number of nitrogens with one attached hydrogen (secondary N) is 1. The van der Waals surface area contributed by atoms with Crippen molar-refractivity contribution in [1.29, 1.82) is 0 Å². The van der Waals surface area contributed by atoms with Crippen LogP contribution < -0.4 is 5.32 Å². The number of benzene rings is 2. The topological polar surface area (TPSA) is 97.1 Å². The maximum absolute atomic E-state index is 12.9. The number of pyridine rings is 1. The molecule has 7 heteroatoms. The van der Waals surface area contributed by atoms with Crippen LogP contribution in [0.25, 0.3) is 22.4 Å². The van der Waals surface area contributed by atoms with Crippen molar-refractivity contribution in [3.05, 3.63) is 78.1 Å². The fourth-order valence-corrected chi connectivity index (χ4v) is 4.58. The minimum Gasteiger partial charge on any atom is -0.478 e. The third kappa shape index (κ3) is 4.22. The van der Waals surface area contributed by atoms with Gasteiger partial charge in [0.25, 0.3) is 5.91 Å². The van der Waals surface area contributed by atoms with Gasteiger partial charge in [0.15, 0.2) is 0 Å². The van der Waals surface area contributed by atoms with E-state index in [-0.39, 0.29) is 11.5 Å². The van der Waals surface area contributed by atoms with E-state index in [2.05, 4.69) is 14.9 Å². The molecule has 2 aromatic carbocycles. The summed E-state index contributed by atoms with van der Waals surface area (Å²) in [4.78, 5) is 33.2. The number of anilines is 1. The lowest BCUT2D eigenvalue weighted by Crippen LogP contribution is -2.14. The van der Waals surface area contributed by atoms with Gasteiger partial charge >= 0.3 is 5.97 Å². The third-order valence-corrected chi connectivity index (χ3v) is 6.20. The van der Waals surface area contributed by atoms with Crippen LogP contribution >= 0.6 is 0 Å². The molecular formula is C26H24N4O3. The normalized spacial score (nSPS) is 14.3. The molecule has 0 atom stereocenters. The Morgan fingerprint density at radius 2 is 1.73 bits per heavy atom. The number of carboxylic acids is 1. The van der Waals surface area contributed by atoms with Gasteiger partial charge in [0.1, 0.15) is 5.82 Å². The smallest absolute Gasteiger partial charge is 0.335 e. The molecule has 0 spiro atoms. The molecule has 1 aliphatic rings. The summed E-state index contributed by atoms with van der Waals surface area (Å²) in [6.45, 7) is 0. The number of carbonyl (C=O) groups is 2. The number of imidazole rings is 1. The lowest BCUT2D eigenvalue weighted by atomic mass is 9.94. The van der Waals surface area contributed by atoms with Crippen molar-refractivity contribution in [3.8, 4) is 11.4 Å². The summed E-state index contributed by atoms with van der Waals surface area (Å²) in [7, 11) is 0. The van der Waals surface area contributed by atoms with E-state index < -0.39 is 5.97 Å². The van der Waals surface area contributed by atoms with E-state index in [4.69, 9.17) is 4.98 Å². The highest BCUT2D eigenvalue weighted by Crippen LogP contribution is 2.36. The van der Waals surface area contributed by atoms with Gasteiger partial charge in [-0.05, 0) is 55.3 Å². The zero-order valence-corrected chi connectivity index (χ0v) is 18.1. The fourth-order valence-electron chi connectivity index (χ4n) is 4.58. The monoisotopic (exact) mass is 440 g/mol. The summed E-state index contributed by atoms with van der Waals surface area (Å²) in [6.07, 6.45) is 8.92. The molecule has 0 radical (unpaired) electrons. The second-order valence-corrected chi connectivity index (χ2v) is 8.38. The SMILES string of the molecule is O=C(O)c1ccc2c(c1)nc(-c1cccc(C(=O)Nc3ccncc3)c1)n2C1CCCCC1. The highest BCUT2D eigenvalue weighted by atomic mass is 16.4. The summed E-state index contributed by atoms with van der Waals surface area (Å²) in [5.41, 5.74) is 3.83. The van der Waals surface area contributed by atoms with Crippen LogP contribution in [-0.2, 0) is 0 Å². The van der Waals surface area contributed by atoms with Gasteiger partial charge < -0.3 is 15.0 Å². The van der Waals surface area contributed by atoms with Gasteiger partial charge in [0.2, 0.25) is 0 Å². The van der Waals surface area contributed by atoms with Crippen LogP contribution in [0.2, 0.25) is 0 Å². The Morgan fingerprint density at radius 3 is 2.48 bits per heavy atom. The molecule has 166 valence electrons. The molecule has 1 aliphatic carbocycles. The van der Waals surface area contributed by atoms with Crippen molar-refractivity contribution in [1.82, 2.24) is 14.5 Å². The molecule has 1 fully saturated rings. The standard InChI is InChI=1S/C26H24N4O3/c31-25(28-20-11-13-27-14-12-20)18-6-4-5-17(15-18)24-29-22-16-19(26(32)33)9-10-23(22)30(24)21-7-2-1-3-8-21/h4-6,9-16,21H,1-3,7-8H2,(H,32,33)(H,27,28,31). The van der Waals surface area contributed by atoms with Gasteiger partial charge in [-0.25, -0.2) is 9.78 Å². The van der Waals surface area contributed by atoms with Gasteiger partial charge in [0.05, 0.1) is 16.6 Å². The van der Waals surface area contributed by atoms with Crippen LogP contribution in [0.5, 0.6) is 0 Å². The number of fused-ring (bicyclic) bond motifs is 1. The third-order valence-electron chi connectivity index (χ3n) is 6.20. The van der Waals surface area contributed by atoms with Crippen LogP contribution in [0.15, 0.2) is 67.0 Å².